The van der Waals surface area contributed by atoms with E-state index in [0.29, 0.717) is 10.2 Å². The molecule has 19 heavy (non-hydrogen) atoms. The Labute approximate surface area is 126 Å². The zero-order valence-electron chi connectivity index (χ0n) is 11.4. The van der Waals surface area contributed by atoms with Crippen LogP contribution in [0.25, 0.3) is 0 Å². The molecular weight excluding hydrogens is 333 g/mol. The van der Waals surface area contributed by atoms with Gasteiger partial charge < -0.3 is 5.32 Å². The molecule has 1 N–H and O–H groups in total. The molecule has 0 unspecified atom stereocenters. The molecular formula is C14H18BrClFNO. The first kappa shape index (κ1) is 16.4. The van der Waals surface area contributed by atoms with Crippen molar-refractivity contribution in [3.8, 4) is 0 Å². The van der Waals surface area contributed by atoms with E-state index in [1.54, 1.807) is 0 Å². The van der Waals surface area contributed by atoms with Crippen LogP contribution in [0.4, 0.5) is 10.1 Å². The van der Waals surface area contributed by atoms with Crippen LogP contribution in [0, 0.1) is 23.6 Å². The van der Waals surface area contributed by atoms with Crippen molar-refractivity contribution in [1.29, 1.82) is 0 Å². The van der Waals surface area contributed by atoms with Gasteiger partial charge in [-0.3, -0.25) is 4.79 Å². The van der Waals surface area contributed by atoms with Crippen LogP contribution in [-0.2, 0) is 4.79 Å². The summed E-state index contributed by atoms with van der Waals surface area (Å²) in [6.45, 7) is 8.02. The molecule has 0 spiro atoms. The second-order valence-corrected chi connectivity index (χ2v) is 6.51. The molecule has 0 aliphatic carbocycles. The summed E-state index contributed by atoms with van der Waals surface area (Å²) >= 11 is 9.17. The normalized spacial score (nSPS) is 11.5. The second kappa shape index (κ2) is 6.71. The van der Waals surface area contributed by atoms with Crippen LogP contribution in [0.1, 0.15) is 27.7 Å². The number of carbonyl (C=O) groups is 1. The predicted molar refractivity (Wildman–Crippen MR) is 80.9 cm³/mol. The number of halogens is 3. The summed E-state index contributed by atoms with van der Waals surface area (Å²) in [5.74, 6) is -0.220. The highest BCUT2D eigenvalue weighted by molar-refractivity contribution is 9.10. The lowest BCUT2D eigenvalue weighted by atomic mass is 9.85. The van der Waals surface area contributed by atoms with E-state index in [9.17, 15) is 9.18 Å². The highest BCUT2D eigenvalue weighted by Crippen LogP contribution is 2.33. The van der Waals surface area contributed by atoms with Gasteiger partial charge in [-0.15, -0.1) is 0 Å². The number of rotatable bonds is 4. The molecule has 0 heterocycles. The van der Waals surface area contributed by atoms with Crippen LogP contribution in [-0.4, -0.2) is 5.91 Å². The maximum Gasteiger partial charge on any atom is 0.228 e. The van der Waals surface area contributed by atoms with Gasteiger partial charge in [0, 0.05) is 10.4 Å². The number of carbonyl (C=O) groups excluding carboxylic acids is 1. The van der Waals surface area contributed by atoms with E-state index in [-0.39, 0.29) is 28.7 Å². The molecule has 0 bridgehead atoms. The van der Waals surface area contributed by atoms with Gasteiger partial charge in [0.25, 0.3) is 0 Å². The van der Waals surface area contributed by atoms with Gasteiger partial charge in [0.2, 0.25) is 5.91 Å². The summed E-state index contributed by atoms with van der Waals surface area (Å²) < 4.78 is 13.6. The van der Waals surface area contributed by atoms with E-state index >= 15 is 0 Å². The maximum atomic E-state index is 13.1. The first-order valence-corrected chi connectivity index (χ1v) is 7.36. The zero-order valence-corrected chi connectivity index (χ0v) is 13.8. The summed E-state index contributed by atoms with van der Waals surface area (Å²) in [5, 5.41) is 2.97. The SMILES string of the molecule is CC(C)C(C(=O)Nc1c(Cl)cc(F)cc1Br)C(C)C. The standard InChI is InChI=1S/C14H18BrClFNO/c1-7(2)12(8(3)4)14(19)18-13-10(15)5-9(17)6-11(13)16/h5-8,12H,1-4H3,(H,18,19). The minimum Gasteiger partial charge on any atom is -0.324 e. The minimum absolute atomic E-state index is 0.0980. The largest absolute Gasteiger partial charge is 0.324 e. The van der Waals surface area contributed by atoms with E-state index in [2.05, 4.69) is 21.2 Å². The Bertz CT molecular complexity index is 446. The highest BCUT2D eigenvalue weighted by Gasteiger charge is 2.26. The van der Waals surface area contributed by atoms with Crippen molar-refractivity contribution in [1.82, 2.24) is 0 Å². The van der Waals surface area contributed by atoms with Gasteiger partial charge in [-0.05, 0) is 39.9 Å². The second-order valence-electron chi connectivity index (χ2n) is 5.25. The summed E-state index contributed by atoms with van der Waals surface area (Å²) in [7, 11) is 0. The summed E-state index contributed by atoms with van der Waals surface area (Å²) in [5.41, 5.74) is 0.416. The number of hydrogen-bond acceptors (Lipinski definition) is 1. The van der Waals surface area contributed by atoms with Crippen molar-refractivity contribution in [2.75, 3.05) is 5.32 Å². The van der Waals surface area contributed by atoms with E-state index in [1.807, 2.05) is 27.7 Å². The van der Waals surface area contributed by atoms with Crippen LogP contribution in [0.2, 0.25) is 5.02 Å². The summed E-state index contributed by atoms with van der Waals surface area (Å²) in [4.78, 5) is 12.3. The van der Waals surface area contributed by atoms with E-state index < -0.39 is 5.82 Å². The molecule has 5 heteroatoms. The molecule has 0 aromatic heterocycles. The molecule has 106 valence electrons. The van der Waals surface area contributed by atoms with Crippen molar-refractivity contribution in [3.63, 3.8) is 0 Å². The van der Waals surface area contributed by atoms with Crippen LogP contribution in [0.5, 0.6) is 0 Å². The third-order valence-corrected chi connectivity index (χ3v) is 3.92. The molecule has 1 amide bonds. The quantitative estimate of drug-likeness (QED) is 0.803. The predicted octanol–water partition coefficient (Wildman–Crippen LogP) is 5.11. The molecule has 0 aliphatic heterocycles. The third-order valence-electron chi connectivity index (χ3n) is 2.99. The Kier molecular flexibility index (Phi) is 5.81. The van der Waals surface area contributed by atoms with Gasteiger partial charge in [0.1, 0.15) is 5.82 Å². The first-order valence-electron chi connectivity index (χ1n) is 6.19. The lowest BCUT2D eigenvalue weighted by Crippen LogP contribution is -2.31. The van der Waals surface area contributed by atoms with E-state index in [1.165, 1.54) is 12.1 Å². The number of amides is 1. The van der Waals surface area contributed by atoms with E-state index in [0.717, 1.165) is 0 Å². The molecule has 1 aromatic rings. The van der Waals surface area contributed by atoms with Gasteiger partial charge in [-0.25, -0.2) is 4.39 Å². The zero-order chi connectivity index (χ0) is 14.7. The Morgan fingerprint density at radius 1 is 1.26 bits per heavy atom. The van der Waals surface area contributed by atoms with Crippen molar-refractivity contribution < 1.29 is 9.18 Å². The fourth-order valence-corrected chi connectivity index (χ4v) is 3.14. The van der Waals surface area contributed by atoms with Gasteiger partial charge in [-0.1, -0.05) is 39.3 Å². The Hall–Kier alpha value is -0.610. The van der Waals surface area contributed by atoms with Crippen molar-refractivity contribution in [2.24, 2.45) is 17.8 Å². The van der Waals surface area contributed by atoms with E-state index in [4.69, 9.17) is 11.6 Å². The lowest BCUT2D eigenvalue weighted by Gasteiger charge is -2.24. The fourth-order valence-electron chi connectivity index (χ4n) is 2.24. The molecule has 0 saturated heterocycles. The Morgan fingerprint density at radius 3 is 2.21 bits per heavy atom. The average molecular weight is 351 g/mol. The molecule has 2 nitrogen and oxygen atoms in total. The molecule has 0 fully saturated rings. The molecule has 0 atom stereocenters. The lowest BCUT2D eigenvalue weighted by molar-refractivity contribution is -0.122. The van der Waals surface area contributed by atoms with Crippen molar-refractivity contribution in [3.05, 3.63) is 27.4 Å². The maximum absolute atomic E-state index is 13.1. The monoisotopic (exact) mass is 349 g/mol. The van der Waals surface area contributed by atoms with Crippen molar-refractivity contribution in [2.45, 2.75) is 27.7 Å². The van der Waals surface area contributed by atoms with Gasteiger partial charge in [0.05, 0.1) is 10.7 Å². The summed E-state index contributed by atoms with van der Waals surface area (Å²) in [6, 6.07) is 2.46. The summed E-state index contributed by atoms with van der Waals surface area (Å²) in [6.07, 6.45) is 0. The Balaban J connectivity index is 2.99. The minimum atomic E-state index is -0.445. The molecule has 1 aromatic carbocycles. The van der Waals surface area contributed by atoms with Gasteiger partial charge in [0.15, 0.2) is 0 Å². The van der Waals surface area contributed by atoms with Crippen LogP contribution < -0.4 is 5.32 Å². The number of anilines is 1. The first-order chi connectivity index (χ1) is 8.73. The molecule has 0 radical (unpaired) electrons. The number of hydrogen-bond donors (Lipinski definition) is 1. The fraction of sp³-hybridized carbons (Fsp3) is 0.500. The molecule has 0 aliphatic rings. The number of nitrogens with one attached hydrogen (secondary N) is 1. The van der Waals surface area contributed by atoms with Gasteiger partial charge in [-0.2, -0.15) is 0 Å². The Morgan fingerprint density at radius 2 is 1.79 bits per heavy atom. The average Bonchev–Trinajstić information content (AvgIpc) is 2.22. The third kappa shape index (κ3) is 4.18. The van der Waals surface area contributed by atoms with Crippen LogP contribution >= 0.6 is 27.5 Å². The van der Waals surface area contributed by atoms with Crippen LogP contribution in [0.15, 0.2) is 16.6 Å². The smallest absolute Gasteiger partial charge is 0.228 e. The topological polar surface area (TPSA) is 29.1 Å². The van der Waals surface area contributed by atoms with Crippen molar-refractivity contribution >= 4 is 39.1 Å². The molecule has 1 rings (SSSR count). The highest BCUT2D eigenvalue weighted by atomic mass is 79.9. The van der Waals surface area contributed by atoms with Crippen LogP contribution in [0.3, 0.4) is 0 Å². The number of benzene rings is 1. The van der Waals surface area contributed by atoms with Gasteiger partial charge >= 0.3 is 0 Å². The molecule has 0 saturated carbocycles.